The maximum Gasteiger partial charge on any atom is 0.0726 e. The Morgan fingerprint density at radius 2 is 2.11 bits per heavy atom. The van der Waals surface area contributed by atoms with Crippen LogP contribution in [0.3, 0.4) is 0 Å². The van der Waals surface area contributed by atoms with Crippen molar-refractivity contribution in [2.45, 2.75) is 26.2 Å². The molecular formula is C16H20N2O. The molecule has 3 rings (SSSR count). The van der Waals surface area contributed by atoms with Crippen molar-refractivity contribution in [3.05, 3.63) is 35.5 Å². The van der Waals surface area contributed by atoms with Crippen molar-refractivity contribution in [3.8, 4) is 0 Å². The van der Waals surface area contributed by atoms with E-state index in [9.17, 15) is 5.11 Å². The van der Waals surface area contributed by atoms with Gasteiger partial charge < -0.3 is 10.0 Å². The molecule has 3 heteroatoms. The summed E-state index contributed by atoms with van der Waals surface area (Å²) in [6, 6.07) is 8.35. The third-order valence-electron chi connectivity index (χ3n) is 3.96. The molecule has 0 saturated carbocycles. The molecule has 0 saturated heterocycles. The zero-order valence-electron chi connectivity index (χ0n) is 11.4. The highest BCUT2D eigenvalue weighted by Gasteiger charge is 2.22. The number of aliphatic hydroxyl groups excluding tert-OH is 1. The number of aromatic nitrogens is 1. The van der Waals surface area contributed by atoms with Gasteiger partial charge in [0.1, 0.15) is 0 Å². The number of aryl methyl sites for hydroxylation is 1. The Morgan fingerprint density at radius 1 is 1.26 bits per heavy atom. The van der Waals surface area contributed by atoms with Gasteiger partial charge in [-0.1, -0.05) is 18.2 Å². The first-order valence-electron chi connectivity index (χ1n) is 7.11. The van der Waals surface area contributed by atoms with E-state index < -0.39 is 0 Å². The molecule has 100 valence electrons. The highest BCUT2D eigenvalue weighted by atomic mass is 16.3. The maximum atomic E-state index is 9.29. The normalized spacial score (nSPS) is 13.8. The second-order valence-corrected chi connectivity index (χ2v) is 5.06. The van der Waals surface area contributed by atoms with Gasteiger partial charge in [-0.05, 0) is 37.8 Å². The van der Waals surface area contributed by atoms with E-state index >= 15 is 0 Å². The molecular weight excluding hydrogens is 236 g/mol. The van der Waals surface area contributed by atoms with E-state index in [2.05, 4.69) is 30.0 Å². The van der Waals surface area contributed by atoms with Crippen LogP contribution in [-0.4, -0.2) is 29.8 Å². The maximum absolute atomic E-state index is 9.29. The molecule has 0 atom stereocenters. The van der Waals surface area contributed by atoms with Gasteiger partial charge in [0.25, 0.3) is 0 Å². The number of hydrogen-bond acceptors (Lipinski definition) is 3. The van der Waals surface area contributed by atoms with Crippen LogP contribution in [0, 0.1) is 0 Å². The fourth-order valence-corrected chi connectivity index (χ4v) is 3.10. The minimum Gasteiger partial charge on any atom is -0.395 e. The molecule has 2 aromatic rings. The van der Waals surface area contributed by atoms with Crippen molar-refractivity contribution < 1.29 is 5.11 Å². The van der Waals surface area contributed by atoms with Crippen LogP contribution < -0.4 is 4.90 Å². The van der Waals surface area contributed by atoms with Crippen LogP contribution in [-0.2, 0) is 12.8 Å². The monoisotopic (exact) mass is 256 g/mol. The van der Waals surface area contributed by atoms with Crippen molar-refractivity contribution in [1.82, 2.24) is 4.98 Å². The third-order valence-corrected chi connectivity index (χ3v) is 3.96. The average molecular weight is 256 g/mol. The molecule has 1 N–H and O–H groups in total. The largest absolute Gasteiger partial charge is 0.395 e. The lowest BCUT2D eigenvalue weighted by molar-refractivity contribution is 0.302. The lowest BCUT2D eigenvalue weighted by Gasteiger charge is -2.26. The molecule has 0 radical (unpaired) electrons. The molecule has 0 spiro atoms. The Bertz CT molecular complexity index is 595. The van der Waals surface area contributed by atoms with Crippen molar-refractivity contribution >= 4 is 16.6 Å². The van der Waals surface area contributed by atoms with Crippen LogP contribution in [0.1, 0.15) is 24.6 Å². The summed E-state index contributed by atoms with van der Waals surface area (Å²) in [5.41, 5.74) is 5.03. The molecule has 0 unspecified atom stereocenters. The number of fused-ring (bicyclic) bond motifs is 2. The van der Waals surface area contributed by atoms with E-state index in [-0.39, 0.29) is 6.61 Å². The quantitative estimate of drug-likeness (QED) is 0.913. The van der Waals surface area contributed by atoms with Gasteiger partial charge in [0.05, 0.1) is 17.8 Å². The number of aliphatic hydroxyl groups is 1. The fourth-order valence-electron chi connectivity index (χ4n) is 3.10. The summed E-state index contributed by atoms with van der Waals surface area (Å²) in [5.74, 6) is 0. The van der Waals surface area contributed by atoms with Crippen LogP contribution in [0.15, 0.2) is 24.3 Å². The predicted octanol–water partition coefficient (Wildman–Crippen LogP) is 2.54. The van der Waals surface area contributed by atoms with Crippen LogP contribution in [0.5, 0.6) is 0 Å². The Hall–Kier alpha value is -1.61. The standard InChI is InChI=1S/C16H20N2O/c1-2-18(10-11-19)16-12-6-3-4-8-14(12)17-15-9-5-7-13(15)16/h3-4,6,8,19H,2,5,7,9-11H2,1H3. The predicted molar refractivity (Wildman–Crippen MR) is 78.7 cm³/mol. The molecule has 1 aromatic carbocycles. The molecule has 1 aliphatic carbocycles. The van der Waals surface area contributed by atoms with Gasteiger partial charge in [-0.2, -0.15) is 0 Å². The first-order chi connectivity index (χ1) is 9.35. The van der Waals surface area contributed by atoms with Crippen LogP contribution in [0.25, 0.3) is 10.9 Å². The molecule has 0 fully saturated rings. The molecule has 1 aliphatic rings. The number of anilines is 1. The topological polar surface area (TPSA) is 36.4 Å². The van der Waals surface area contributed by atoms with E-state index in [1.54, 1.807) is 0 Å². The third kappa shape index (κ3) is 2.08. The summed E-state index contributed by atoms with van der Waals surface area (Å²) in [7, 11) is 0. The zero-order valence-corrected chi connectivity index (χ0v) is 11.4. The van der Waals surface area contributed by atoms with E-state index in [1.165, 1.54) is 28.8 Å². The van der Waals surface area contributed by atoms with Crippen molar-refractivity contribution in [2.75, 3.05) is 24.6 Å². The van der Waals surface area contributed by atoms with Gasteiger partial charge in [-0.25, -0.2) is 0 Å². The molecule has 0 bridgehead atoms. The van der Waals surface area contributed by atoms with Crippen LogP contribution in [0.4, 0.5) is 5.69 Å². The van der Waals surface area contributed by atoms with Crippen LogP contribution in [0.2, 0.25) is 0 Å². The van der Waals surface area contributed by atoms with Gasteiger partial charge in [0.2, 0.25) is 0 Å². The molecule has 0 amide bonds. The van der Waals surface area contributed by atoms with Gasteiger partial charge in [-0.3, -0.25) is 4.98 Å². The summed E-state index contributed by atoms with van der Waals surface area (Å²) >= 11 is 0. The molecule has 1 aromatic heterocycles. The second-order valence-electron chi connectivity index (χ2n) is 5.06. The lowest BCUT2D eigenvalue weighted by atomic mass is 10.1. The minimum atomic E-state index is 0.194. The molecule has 3 nitrogen and oxygen atoms in total. The number of rotatable bonds is 4. The SMILES string of the molecule is CCN(CCO)c1c2c(nc3ccccc13)CCC2. The van der Waals surface area contributed by atoms with Gasteiger partial charge >= 0.3 is 0 Å². The number of nitrogens with zero attached hydrogens (tertiary/aromatic N) is 2. The second kappa shape index (κ2) is 5.17. The zero-order chi connectivity index (χ0) is 13.2. The van der Waals surface area contributed by atoms with Gasteiger partial charge in [0, 0.05) is 24.2 Å². The Kier molecular flexibility index (Phi) is 3.38. The van der Waals surface area contributed by atoms with E-state index in [0.717, 1.165) is 24.9 Å². The van der Waals surface area contributed by atoms with Crippen LogP contribution >= 0.6 is 0 Å². The minimum absolute atomic E-state index is 0.194. The molecule has 1 heterocycles. The summed E-state index contributed by atoms with van der Waals surface area (Å²) in [4.78, 5) is 7.09. The Morgan fingerprint density at radius 3 is 2.89 bits per heavy atom. The summed E-state index contributed by atoms with van der Waals surface area (Å²) in [6.07, 6.45) is 3.40. The first kappa shape index (κ1) is 12.4. The Balaban J connectivity index is 2.24. The highest BCUT2D eigenvalue weighted by Crippen LogP contribution is 2.36. The number of pyridine rings is 1. The van der Waals surface area contributed by atoms with Crippen molar-refractivity contribution in [1.29, 1.82) is 0 Å². The van der Waals surface area contributed by atoms with Gasteiger partial charge in [-0.15, -0.1) is 0 Å². The van der Waals surface area contributed by atoms with E-state index in [0.29, 0.717) is 6.54 Å². The van der Waals surface area contributed by atoms with Crippen molar-refractivity contribution in [2.24, 2.45) is 0 Å². The first-order valence-corrected chi connectivity index (χ1v) is 7.11. The van der Waals surface area contributed by atoms with Crippen molar-refractivity contribution in [3.63, 3.8) is 0 Å². The van der Waals surface area contributed by atoms with E-state index in [1.807, 2.05) is 6.07 Å². The highest BCUT2D eigenvalue weighted by molar-refractivity contribution is 5.94. The smallest absolute Gasteiger partial charge is 0.0726 e. The summed E-state index contributed by atoms with van der Waals surface area (Å²) in [5, 5.41) is 10.5. The lowest BCUT2D eigenvalue weighted by Crippen LogP contribution is -2.27. The summed E-state index contributed by atoms with van der Waals surface area (Å²) in [6.45, 7) is 3.95. The number of benzene rings is 1. The number of likely N-dealkylation sites (N-methyl/N-ethyl adjacent to an activating group) is 1. The summed E-state index contributed by atoms with van der Waals surface area (Å²) < 4.78 is 0. The molecule has 19 heavy (non-hydrogen) atoms. The molecule has 0 aliphatic heterocycles. The fraction of sp³-hybridized carbons (Fsp3) is 0.438. The van der Waals surface area contributed by atoms with E-state index in [4.69, 9.17) is 4.98 Å². The number of para-hydroxylation sites is 1. The number of hydrogen-bond donors (Lipinski definition) is 1. The van der Waals surface area contributed by atoms with Gasteiger partial charge in [0.15, 0.2) is 0 Å². The average Bonchev–Trinajstić information content (AvgIpc) is 2.90. The Labute approximate surface area is 113 Å².